The maximum atomic E-state index is 13.5. The molecule has 3 rings (SSSR count). The lowest BCUT2D eigenvalue weighted by atomic mass is 10.0. The van der Waals surface area contributed by atoms with E-state index < -0.39 is 25.1 Å². The van der Waals surface area contributed by atoms with Crippen LogP contribution in [0.25, 0.3) is 0 Å². The van der Waals surface area contributed by atoms with Crippen LogP contribution in [0.1, 0.15) is 47.3 Å². The minimum atomic E-state index is -3.86. The van der Waals surface area contributed by atoms with Gasteiger partial charge in [-0.2, -0.15) is 0 Å². The summed E-state index contributed by atoms with van der Waals surface area (Å²) in [6.45, 7) is 5.71. The molecule has 1 N–H and O–H groups in total. The molecule has 0 spiro atoms. The van der Waals surface area contributed by atoms with Gasteiger partial charge in [0.2, 0.25) is 10.0 Å². The van der Waals surface area contributed by atoms with Crippen molar-refractivity contribution >= 4 is 19.9 Å². The molecule has 0 saturated heterocycles. The fourth-order valence-electron chi connectivity index (χ4n) is 3.34. The Morgan fingerprint density at radius 1 is 0.875 bits per heavy atom. The molecule has 8 heteroatoms. The van der Waals surface area contributed by atoms with Gasteiger partial charge >= 0.3 is 0 Å². The van der Waals surface area contributed by atoms with Crippen molar-refractivity contribution in [1.29, 1.82) is 0 Å². The molecule has 1 unspecified atom stereocenters. The van der Waals surface area contributed by atoms with E-state index >= 15 is 0 Å². The third-order valence-corrected chi connectivity index (χ3v) is 8.71. The molecule has 1 atom stereocenters. The van der Waals surface area contributed by atoms with Crippen LogP contribution < -0.4 is 4.72 Å². The highest BCUT2D eigenvalue weighted by Crippen LogP contribution is 2.29. The Bertz CT molecular complexity index is 1240. The van der Waals surface area contributed by atoms with Gasteiger partial charge in [-0.25, -0.2) is 21.6 Å². The molecular weight excluding hydrogens is 444 g/mol. The van der Waals surface area contributed by atoms with E-state index in [2.05, 4.69) is 9.71 Å². The lowest BCUT2D eigenvalue weighted by molar-refractivity contribution is 0.568. The van der Waals surface area contributed by atoms with Gasteiger partial charge in [-0.1, -0.05) is 61.9 Å². The Labute approximate surface area is 190 Å². The molecule has 0 radical (unpaired) electrons. The summed E-state index contributed by atoms with van der Waals surface area (Å²) in [6.07, 6.45) is 3.01. The molecule has 1 heterocycles. The van der Waals surface area contributed by atoms with Gasteiger partial charge in [-0.3, -0.25) is 4.98 Å². The zero-order valence-electron chi connectivity index (χ0n) is 18.4. The summed E-state index contributed by atoms with van der Waals surface area (Å²) in [5.41, 5.74) is 3.12. The van der Waals surface area contributed by atoms with Crippen LogP contribution in [0, 0.1) is 6.92 Å². The van der Waals surface area contributed by atoms with Crippen LogP contribution in [-0.4, -0.2) is 28.4 Å². The predicted octanol–water partition coefficient (Wildman–Crippen LogP) is 4.15. The first-order valence-corrected chi connectivity index (χ1v) is 13.5. The second-order valence-electron chi connectivity index (χ2n) is 8.14. The zero-order chi connectivity index (χ0) is 23.4. The maximum absolute atomic E-state index is 13.5. The van der Waals surface area contributed by atoms with Gasteiger partial charge in [-0.15, -0.1) is 0 Å². The molecule has 0 aliphatic rings. The molecule has 1 aromatic heterocycles. The minimum Gasteiger partial charge on any atom is -0.264 e. The number of rotatable bonds is 9. The fourth-order valence-corrected chi connectivity index (χ4v) is 6.24. The Morgan fingerprint density at radius 2 is 1.53 bits per heavy atom. The number of nitrogens with one attached hydrogen (secondary N) is 1. The second kappa shape index (κ2) is 9.94. The van der Waals surface area contributed by atoms with E-state index in [9.17, 15) is 16.8 Å². The summed E-state index contributed by atoms with van der Waals surface area (Å²) in [7, 11) is -7.61. The van der Waals surface area contributed by atoms with Crippen LogP contribution in [0.3, 0.4) is 0 Å². The topological polar surface area (TPSA) is 93.2 Å². The number of pyridine rings is 1. The van der Waals surface area contributed by atoms with Crippen molar-refractivity contribution in [1.82, 2.24) is 9.71 Å². The molecule has 0 bridgehead atoms. The van der Waals surface area contributed by atoms with E-state index in [4.69, 9.17) is 0 Å². The number of aryl methyl sites for hydroxylation is 1. The van der Waals surface area contributed by atoms with E-state index in [1.165, 1.54) is 6.20 Å². The van der Waals surface area contributed by atoms with Crippen LogP contribution in [-0.2, 0) is 25.6 Å². The van der Waals surface area contributed by atoms with E-state index in [-0.39, 0.29) is 23.1 Å². The molecule has 0 fully saturated rings. The summed E-state index contributed by atoms with van der Waals surface area (Å²) >= 11 is 0. The number of benzene rings is 2. The number of hydrogen-bond donors (Lipinski definition) is 1. The van der Waals surface area contributed by atoms with Crippen molar-refractivity contribution < 1.29 is 16.8 Å². The molecule has 2 aromatic carbocycles. The van der Waals surface area contributed by atoms with E-state index in [1.54, 1.807) is 54.7 Å². The fraction of sp³-hybridized carbons (Fsp3) is 0.292. The Kier molecular flexibility index (Phi) is 7.48. The van der Waals surface area contributed by atoms with Gasteiger partial charge in [0, 0.05) is 18.9 Å². The number of nitrogens with zero attached hydrogens (tertiary/aromatic N) is 1. The summed E-state index contributed by atoms with van der Waals surface area (Å²) in [5, 5.41) is -1.10. The summed E-state index contributed by atoms with van der Waals surface area (Å²) < 4.78 is 54.8. The molecule has 32 heavy (non-hydrogen) atoms. The van der Waals surface area contributed by atoms with Crippen molar-refractivity contribution in [3.63, 3.8) is 0 Å². The number of sulfonamides is 1. The third kappa shape index (κ3) is 6.03. The molecule has 6 nitrogen and oxygen atoms in total. The SMILES string of the molecule is Cc1ccc(CS(=O)(=O)NCC(c2cccnc2)S(=O)(=O)c2ccc(C(C)C)cc2)cc1. The molecule has 170 valence electrons. The summed E-state index contributed by atoms with van der Waals surface area (Å²) in [4.78, 5) is 4.18. The smallest absolute Gasteiger partial charge is 0.215 e. The number of sulfone groups is 1. The molecule has 0 amide bonds. The minimum absolute atomic E-state index is 0.147. The largest absolute Gasteiger partial charge is 0.264 e. The average molecular weight is 473 g/mol. The van der Waals surface area contributed by atoms with E-state index in [1.807, 2.05) is 32.9 Å². The predicted molar refractivity (Wildman–Crippen MR) is 127 cm³/mol. The first-order chi connectivity index (χ1) is 15.1. The quantitative estimate of drug-likeness (QED) is 0.505. The number of aromatic nitrogens is 1. The van der Waals surface area contributed by atoms with Crippen molar-refractivity contribution in [3.8, 4) is 0 Å². The van der Waals surface area contributed by atoms with Gasteiger partial charge in [0.15, 0.2) is 9.84 Å². The number of hydrogen-bond acceptors (Lipinski definition) is 5. The van der Waals surface area contributed by atoms with Gasteiger partial charge < -0.3 is 0 Å². The van der Waals surface area contributed by atoms with Crippen molar-refractivity contribution in [2.24, 2.45) is 0 Å². The summed E-state index contributed by atoms with van der Waals surface area (Å²) in [6, 6.07) is 17.2. The molecule has 0 aliphatic heterocycles. The zero-order valence-corrected chi connectivity index (χ0v) is 20.0. The maximum Gasteiger partial charge on any atom is 0.215 e. The van der Waals surface area contributed by atoms with Crippen molar-refractivity contribution in [3.05, 3.63) is 95.3 Å². The van der Waals surface area contributed by atoms with E-state index in [0.29, 0.717) is 11.1 Å². The standard InChI is InChI=1S/C24H28N2O4S2/c1-18(2)21-10-12-23(13-11-21)32(29,30)24(22-5-4-14-25-15-22)16-26-31(27,28)17-20-8-6-19(3)7-9-20/h4-15,18,24,26H,16-17H2,1-3H3. The van der Waals surface area contributed by atoms with E-state index in [0.717, 1.165) is 11.1 Å². The van der Waals surface area contributed by atoms with Crippen LogP contribution >= 0.6 is 0 Å². The Hall–Kier alpha value is -2.55. The molecule has 0 aliphatic carbocycles. The lowest BCUT2D eigenvalue weighted by Gasteiger charge is -2.19. The highest BCUT2D eigenvalue weighted by atomic mass is 32.2. The van der Waals surface area contributed by atoms with Crippen LogP contribution in [0.5, 0.6) is 0 Å². The molecule has 3 aromatic rings. The first-order valence-electron chi connectivity index (χ1n) is 10.3. The van der Waals surface area contributed by atoms with Crippen molar-refractivity contribution in [2.75, 3.05) is 6.54 Å². The second-order valence-corrected chi connectivity index (χ2v) is 12.1. The van der Waals surface area contributed by atoms with Gasteiger partial charge in [0.05, 0.1) is 10.6 Å². The molecule has 0 saturated carbocycles. The average Bonchev–Trinajstić information content (AvgIpc) is 2.76. The lowest BCUT2D eigenvalue weighted by Crippen LogP contribution is -2.32. The van der Waals surface area contributed by atoms with Gasteiger partial charge in [-0.05, 0) is 47.7 Å². The monoisotopic (exact) mass is 472 g/mol. The normalized spacial score (nSPS) is 13.2. The van der Waals surface area contributed by atoms with Crippen LogP contribution in [0.2, 0.25) is 0 Å². The van der Waals surface area contributed by atoms with Crippen LogP contribution in [0.15, 0.2) is 78.0 Å². The van der Waals surface area contributed by atoms with Crippen molar-refractivity contribution in [2.45, 2.75) is 42.6 Å². The Morgan fingerprint density at radius 3 is 2.09 bits per heavy atom. The van der Waals surface area contributed by atoms with Gasteiger partial charge in [0.25, 0.3) is 0 Å². The molecular formula is C24H28N2O4S2. The highest BCUT2D eigenvalue weighted by Gasteiger charge is 2.31. The first kappa shape index (κ1) is 24.1. The summed E-state index contributed by atoms with van der Waals surface area (Å²) in [5.74, 6) is 0.0466. The highest BCUT2D eigenvalue weighted by molar-refractivity contribution is 7.92. The van der Waals surface area contributed by atoms with Gasteiger partial charge in [0.1, 0.15) is 5.25 Å². The van der Waals surface area contributed by atoms with Crippen LogP contribution in [0.4, 0.5) is 0 Å². The third-order valence-electron chi connectivity index (χ3n) is 5.27. The Balaban J connectivity index is 1.87.